The van der Waals surface area contributed by atoms with Crippen LogP contribution in [0.25, 0.3) is 0 Å². The third-order valence-electron chi connectivity index (χ3n) is 5.63. The monoisotopic (exact) mass is 468 g/mol. The van der Waals surface area contributed by atoms with Gasteiger partial charge in [0.2, 0.25) is 0 Å². The maximum absolute atomic E-state index is 14.7. The summed E-state index contributed by atoms with van der Waals surface area (Å²) in [6.45, 7) is 0. The highest BCUT2D eigenvalue weighted by Crippen LogP contribution is 2.51. The van der Waals surface area contributed by atoms with Crippen LogP contribution in [0, 0.1) is 0 Å². The summed E-state index contributed by atoms with van der Waals surface area (Å²) in [6, 6.07) is 5.43. The molecule has 2 aromatic rings. The lowest BCUT2D eigenvalue weighted by atomic mass is 9.90. The standard InChI is InChI=1S/C20H16F8N2O2/c21-11-6-10(7-12(22)15(11)23)30-13-8-19(24,25)17(14(13)16(29-30)20(26,27)28)32-18(31)9-4-2-1-3-5-9/h1-5,10-12,15,17H,6-8H2/t10?,11-,12+,15?,17-/m0/s1. The largest absolute Gasteiger partial charge is 0.447 e. The van der Waals surface area contributed by atoms with Gasteiger partial charge in [0.25, 0.3) is 5.92 Å². The van der Waals surface area contributed by atoms with Crippen LogP contribution in [0.15, 0.2) is 30.3 Å². The second-order valence-corrected chi connectivity index (χ2v) is 7.84. The van der Waals surface area contributed by atoms with E-state index in [0.29, 0.717) is 4.68 Å². The molecule has 2 aliphatic carbocycles. The summed E-state index contributed by atoms with van der Waals surface area (Å²) >= 11 is 0. The van der Waals surface area contributed by atoms with E-state index >= 15 is 0 Å². The lowest BCUT2D eigenvalue weighted by molar-refractivity contribution is -0.147. The van der Waals surface area contributed by atoms with Gasteiger partial charge in [-0.1, -0.05) is 18.2 Å². The first-order chi connectivity index (χ1) is 14.9. The molecule has 0 spiro atoms. The summed E-state index contributed by atoms with van der Waals surface area (Å²) in [4.78, 5) is 12.3. The van der Waals surface area contributed by atoms with E-state index in [0.717, 1.165) is 0 Å². The number of hydrogen-bond donors (Lipinski definition) is 0. The molecular formula is C20H16F8N2O2. The van der Waals surface area contributed by atoms with E-state index in [1.165, 1.54) is 30.3 Å². The lowest BCUT2D eigenvalue weighted by Crippen LogP contribution is -2.39. The second-order valence-electron chi connectivity index (χ2n) is 7.84. The molecule has 4 nitrogen and oxygen atoms in total. The van der Waals surface area contributed by atoms with Crippen molar-refractivity contribution in [3.8, 4) is 0 Å². The second kappa shape index (κ2) is 7.73. The predicted octanol–water partition coefficient (Wildman–Crippen LogP) is 5.34. The van der Waals surface area contributed by atoms with Gasteiger partial charge in [0.15, 0.2) is 18.0 Å². The van der Waals surface area contributed by atoms with Crippen LogP contribution >= 0.6 is 0 Å². The van der Waals surface area contributed by atoms with E-state index in [1.807, 2.05) is 0 Å². The number of carbonyl (C=O) groups is 1. The van der Waals surface area contributed by atoms with Crippen molar-refractivity contribution in [2.45, 2.75) is 62.0 Å². The van der Waals surface area contributed by atoms with Crippen LogP contribution in [0.2, 0.25) is 0 Å². The number of hydrogen-bond acceptors (Lipinski definition) is 3. The number of alkyl halides is 8. The van der Waals surface area contributed by atoms with Gasteiger partial charge in [0.1, 0.15) is 12.3 Å². The van der Waals surface area contributed by atoms with Crippen molar-refractivity contribution in [2.75, 3.05) is 0 Å². The van der Waals surface area contributed by atoms with Crippen LogP contribution in [0.4, 0.5) is 35.1 Å². The minimum atomic E-state index is -5.21. The fourth-order valence-electron chi connectivity index (χ4n) is 4.17. The normalized spacial score (nSPS) is 29.6. The third kappa shape index (κ3) is 3.83. The Kier molecular flexibility index (Phi) is 5.44. The minimum Gasteiger partial charge on any atom is -0.447 e. The molecule has 0 N–H and O–H groups in total. The van der Waals surface area contributed by atoms with Gasteiger partial charge >= 0.3 is 12.1 Å². The average molecular weight is 468 g/mol. The van der Waals surface area contributed by atoms with Crippen molar-refractivity contribution in [3.05, 3.63) is 52.8 Å². The van der Waals surface area contributed by atoms with Crippen molar-refractivity contribution >= 4 is 5.97 Å². The van der Waals surface area contributed by atoms with E-state index < -0.39 is 84.9 Å². The number of nitrogens with zero attached hydrogens (tertiary/aromatic N) is 2. The molecule has 0 radical (unpaired) electrons. The molecular weight excluding hydrogens is 452 g/mol. The zero-order chi connectivity index (χ0) is 23.4. The topological polar surface area (TPSA) is 44.1 Å². The van der Waals surface area contributed by atoms with Gasteiger partial charge in [-0.25, -0.2) is 26.7 Å². The number of benzene rings is 1. The molecule has 1 aromatic carbocycles. The maximum Gasteiger partial charge on any atom is 0.435 e. The Labute approximate surface area is 176 Å². The van der Waals surface area contributed by atoms with Gasteiger partial charge in [-0.2, -0.15) is 18.3 Å². The molecule has 12 heteroatoms. The molecule has 1 aromatic heterocycles. The smallest absolute Gasteiger partial charge is 0.435 e. The number of fused-ring (bicyclic) bond motifs is 1. The molecule has 0 aliphatic heterocycles. The first-order valence-corrected chi connectivity index (χ1v) is 9.64. The van der Waals surface area contributed by atoms with Crippen LogP contribution in [0.5, 0.6) is 0 Å². The Bertz CT molecular complexity index is 995. The fourth-order valence-corrected chi connectivity index (χ4v) is 4.17. The quantitative estimate of drug-likeness (QED) is 0.451. The SMILES string of the molecule is O=C(O[C@H]1c2c(C(F)(F)F)nn(C3C[C@@H](F)C(F)[C@@H](F)C3)c2CC1(F)F)c1ccccc1. The van der Waals surface area contributed by atoms with Gasteiger partial charge in [-0.3, -0.25) is 4.68 Å². The van der Waals surface area contributed by atoms with Crippen molar-refractivity contribution in [2.24, 2.45) is 0 Å². The van der Waals surface area contributed by atoms with Crippen molar-refractivity contribution < 1.29 is 44.7 Å². The number of aromatic nitrogens is 2. The van der Waals surface area contributed by atoms with Gasteiger partial charge < -0.3 is 4.74 Å². The van der Waals surface area contributed by atoms with Gasteiger partial charge in [-0.05, 0) is 12.1 Å². The van der Waals surface area contributed by atoms with Crippen molar-refractivity contribution in [1.29, 1.82) is 0 Å². The molecule has 0 bridgehead atoms. The van der Waals surface area contributed by atoms with Crippen LogP contribution in [-0.4, -0.2) is 40.2 Å². The molecule has 2 aliphatic rings. The molecule has 1 saturated carbocycles. The van der Waals surface area contributed by atoms with E-state index in [-0.39, 0.29) is 5.56 Å². The molecule has 0 amide bonds. The first-order valence-electron chi connectivity index (χ1n) is 9.64. The van der Waals surface area contributed by atoms with Crippen molar-refractivity contribution in [1.82, 2.24) is 9.78 Å². The number of ether oxygens (including phenoxy) is 1. The molecule has 4 rings (SSSR count). The van der Waals surface area contributed by atoms with E-state index in [4.69, 9.17) is 4.74 Å². The summed E-state index contributed by atoms with van der Waals surface area (Å²) in [5.74, 6) is -5.20. The van der Waals surface area contributed by atoms with Crippen molar-refractivity contribution in [3.63, 3.8) is 0 Å². The summed E-state index contributed by atoms with van der Waals surface area (Å²) in [5, 5.41) is 3.33. The molecule has 5 atom stereocenters. The number of rotatable bonds is 3. The van der Waals surface area contributed by atoms with Gasteiger partial charge in [0, 0.05) is 12.8 Å². The highest BCUT2D eigenvalue weighted by molar-refractivity contribution is 5.89. The number of halogens is 8. The van der Waals surface area contributed by atoms with Gasteiger partial charge in [-0.15, -0.1) is 0 Å². The van der Waals surface area contributed by atoms with E-state index in [1.54, 1.807) is 0 Å². The molecule has 32 heavy (non-hydrogen) atoms. The first kappa shape index (κ1) is 22.5. The highest BCUT2D eigenvalue weighted by Gasteiger charge is 2.58. The molecule has 1 fully saturated rings. The highest BCUT2D eigenvalue weighted by atomic mass is 19.4. The number of carbonyl (C=O) groups excluding carboxylic acids is 1. The zero-order valence-electron chi connectivity index (χ0n) is 16.1. The van der Waals surface area contributed by atoms with Crippen LogP contribution in [-0.2, 0) is 17.3 Å². The Hall–Kier alpha value is -2.66. The summed E-state index contributed by atoms with van der Waals surface area (Å²) in [6.07, 6.45) is -17.7. The average Bonchev–Trinajstić information content (AvgIpc) is 3.19. The summed E-state index contributed by atoms with van der Waals surface area (Å²) < 4.78 is 117. The summed E-state index contributed by atoms with van der Waals surface area (Å²) in [7, 11) is 0. The molecule has 2 unspecified atom stereocenters. The molecule has 1 heterocycles. The molecule has 0 saturated heterocycles. The number of esters is 1. The Morgan fingerprint density at radius 2 is 1.66 bits per heavy atom. The fraction of sp³-hybridized carbons (Fsp3) is 0.500. The lowest BCUT2D eigenvalue weighted by Gasteiger charge is -2.31. The zero-order valence-corrected chi connectivity index (χ0v) is 16.1. The maximum atomic E-state index is 14.7. The predicted molar refractivity (Wildman–Crippen MR) is 93.4 cm³/mol. The Balaban J connectivity index is 1.76. The van der Waals surface area contributed by atoms with E-state index in [9.17, 15) is 39.9 Å². The van der Waals surface area contributed by atoms with Crippen LogP contribution < -0.4 is 0 Å². The van der Waals surface area contributed by atoms with E-state index in [2.05, 4.69) is 5.10 Å². The summed E-state index contributed by atoms with van der Waals surface area (Å²) in [5.41, 5.74) is -3.59. The third-order valence-corrected chi connectivity index (χ3v) is 5.63. The Morgan fingerprint density at radius 1 is 1.06 bits per heavy atom. The van der Waals surface area contributed by atoms with Gasteiger partial charge in [0.05, 0.1) is 29.3 Å². The minimum absolute atomic E-state index is 0.153. The molecule has 174 valence electrons. The Morgan fingerprint density at radius 3 is 2.22 bits per heavy atom. The van der Waals surface area contributed by atoms with Crippen LogP contribution in [0.3, 0.4) is 0 Å². The van der Waals surface area contributed by atoms with Crippen LogP contribution in [0.1, 0.15) is 52.3 Å².